The van der Waals surface area contributed by atoms with Crippen molar-refractivity contribution < 1.29 is 9.63 Å². The average Bonchev–Trinajstić information content (AvgIpc) is 3.20. The second-order valence-electron chi connectivity index (χ2n) is 8.79. The van der Waals surface area contributed by atoms with Crippen LogP contribution in [-0.4, -0.2) is 36.9 Å². The molecule has 4 aliphatic rings. The molecule has 4 N–H and O–H groups in total. The van der Waals surface area contributed by atoms with Crippen LogP contribution in [-0.2, 0) is 9.63 Å². The van der Waals surface area contributed by atoms with Gasteiger partial charge in [0.05, 0.1) is 6.17 Å². The smallest absolute Gasteiger partial charge is 0.223 e. The lowest BCUT2D eigenvalue weighted by molar-refractivity contribution is -0.127. The van der Waals surface area contributed by atoms with Gasteiger partial charge in [-0.1, -0.05) is 0 Å². The van der Waals surface area contributed by atoms with E-state index < -0.39 is 0 Å². The summed E-state index contributed by atoms with van der Waals surface area (Å²) < 4.78 is 0. The third-order valence-electron chi connectivity index (χ3n) is 7.01. The molecule has 2 aliphatic heterocycles. The monoisotopic (exact) mass is 350 g/mol. The van der Waals surface area contributed by atoms with Gasteiger partial charge in [-0.2, -0.15) is 5.48 Å². The Morgan fingerprint density at radius 1 is 1.04 bits per heavy atom. The first-order chi connectivity index (χ1) is 12.1. The van der Waals surface area contributed by atoms with Crippen molar-refractivity contribution in [2.24, 2.45) is 23.7 Å². The lowest BCUT2D eigenvalue weighted by atomic mass is 9.72. The summed E-state index contributed by atoms with van der Waals surface area (Å²) >= 11 is 0. The summed E-state index contributed by atoms with van der Waals surface area (Å²) in [7, 11) is 0. The molecule has 2 heterocycles. The summed E-state index contributed by atoms with van der Waals surface area (Å²) in [6.45, 7) is 5.27. The summed E-state index contributed by atoms with van der Waals surface area (Å²) in [5.74, 6) is 2.50. The van der Waals surface area contributed by atoms with E-state index in [0.29, 0.717) is 35.7 Å². The van der Waals surface area contributed by atoms with Gasteiger partial charge in [-0.05, 0) is 83.1 Å². The van der Waals surface area contributed by atoms with E-state index in [1.807, 2.05) is 6.92 Å². The minimum absolute atomic E-state index is 0.0946. The van der Waals surface area contributed by atoms with Crippen LogP contribution in [0.1, 0.15) is 58.8 Å². The van der Waals surface area contributed by atoms with E-state index >= 15 is 0 Å². The Hall–Kier alpha value is -0.690. The van der Waals surface area contributed by atoms with Crippen molar-refractivity contribution in [3.63, 3.8) is 0 Å². The number of rotatable bonds is 3. The van der Waals surface area contributed by atoms with E-state index in [4.69, 9.17) is 4.84 Å². The Bertz CT molecular complexity index is 488. The van der Waals surface area contributed by atoms with E-state index in [-0.39, 0.29) is 18.3 Å². The third-order valence-corrected chi connectivity index (χ3v) is 7.01. The normalized spacial score (nSPS) is 47.4. The molecule has 0 bridgehead atoms. The lowest BCUT2D eigenvalue weighted by Crippen LogP contribution is -2.49. The highest BCUT2D eigenvalue weighted by molar-refractivity contribution is 5.79. The van der Waals surface area contributed by atoms with Gasteiger partial charge in [0.25, 0.3) is 0 Å². The highest BCUT2D eigenvalue weighted by atomic mass is 16.7. The van der Waals surface area contributed by atoms with Gasteiger partial charge in [0.1, 0.15) is 6.23 Å². The average molecular weight is 351 g/mol. The Balaban J connectivity index is 1.30. The highest BCUT2D eigenvalue weighted by Crippen LogP contribution is 2.48. The van der Waals surface area contributed by atoms with Gasteiger partial charge >= 0.3 is 0 Å². The number of nitrogens with one attached hydrogen (secondary N) is 4. The second-order valence-corrected chi connectivity index (χ2v) is 8.79. The molecule has 0 aromatic heterocycles. The fraction of sp³-hybridized carbons (Fsp3) is 0.947. The summed E-state index contributed by atoms with van der Waals surface area (Å²) in [4.78, 5) is 18.3. The van der Waals surface area contributed by atoms with Crippen molar-refractivity contribution in [1.29, 1.82) is 0 Å². The Morgan fingerprint density at radius 3 is 2.64 bits per heavy atom. The first-order valence-corrected chi connectivity index (χ1v) is 10.3. The minimum atomic E-state index is 0.0946. The number of hydrogen-bond acceptors (Lipinski definition) is 5. The van der Waals surface area contributed by atoms with Crippen LogP contribution < -0.4 is 21.4 Å². The van der Waals surface area contributed by atoms with Crippen LogP contribution >= 0.6 is 0 Å². The van der Waals surface area contributed by atoms with Crippen LogP contribution in [0.5, 0.6) is 0 Å². The molecule has 2 aliphatic carbocycles. The van der Waals surface area contributed by atoms with E-state index in [1.54, 1.807) is 0 Å². The topological polar surface area (TPSA) is 74.4 Å². The molecule has 0 aromatic carbocycles. The van der Waals surface area contributed by atoms with Crippen molar-refractivity contribution in [2.45, 2.75) is 83.3 Å². The van der Waals surface area contributed by atoms with Gasteiger partial charge in [-0.25, -0.2) is 0 Å². The molecule has 4 fully saturated rings. The first kappa shape index (κ1) is 17.7. The molecule has 4 rings (SSSR count). The molecule has 7 unspecified atom stereocenters. The molecule has 2 saturated heterocycles. The van der Waals surface area contributed by atoms with Crippen LogP contribution in [0.15, 0.2) is 0 Å². The number of carbonyl (C=O) groups excluding carboxylic acids is 1. The zero-order valence-corrected chi connectivity index (χ0v) is 15.6. The van der Waals surface area contributed by atoms with Gasteiger partial charge in [-0.3, -0.25) is 14.9 Å². The molecular weight excluding hydrogens is 316 g/mol. The van der Waals surface area contributed by atoms with E-state index in [1.165, 1.54) is 25.7 Å². The zero-order chi connectivity index (χ0) is 17.4. The summed E-state index contributed by atoms with van der Waals surface area (Å²) in [6, 6.07) is 0.881. The SMILES string of the molecule is CC1CC(NC(=O)[C@@H]2CCC3CC(C4NOC(C)N4)CCC32)CCN1. The van der Waals surface area contributed by atoms with Crippen LogP contribution in [0.25, 0.3) is 0 Å². The second kappa shape index (κ2) is 7.51. The van der Waals surface area contributed by atoms with Crippen LogP contribution in [0, 0.1) is 23.7 Å². The lowest BCUT2D eigenvalue weighted by Gasteiger charge is -2.37. The number of piperidine rings is 1. The number of fused-ring (bicyclic) bond motifs is 1. The highest BCUT2D eigenvalue weighted by Gasteiger charge is 2.45. The standard InChI is InChI=1S/C19H34N4O2/c1-11-9-15(7-8-20-11)22-19(24)17-6-3-13-10-14(4-5-16(13)17)18-21-12(2)25-23-18/h11-18,20-21,23H,3-10H2,1-2H3,(H,22,24)/t11?,12?,13?,14?,15?,16?,17-,18?/m1/s1. The molecular formula is C19H34N4O2. The zero-order valence-electron chi connectivity index (χ0n) is 15.6. The Kier molecular flexibility index (Phi) is 5.32. The number of hydroxylamine groups is 1. The predicted octanol–water partition coefficient (Wildman–Crippen LogP) is 1.48. The molecule has 0 aromatic rings. The number of amides is 1. The van der Waals surface area contributed by atoms with E-state index in [9.17, 15) is 4.79 Å². The number of hydrogen-bond donors (Lipinski definition) is 4. The van der Waals surface area contributed by atoms with E-state index in [2.05, 4.69) is 28.4 Å². The number of carbonyl (C=O) groups is 1. The molecule has 0 radical (unpaired) electrons. The van der Waals surface area contributed by atoms with Crippen molar-refractivity contribution in [3.8, 4) is 0 Å². The summed E-state index contributed by atoms with van der Waals surface area (Å²) in [6.07, 6.45) is 8.39. The summed E-state index contributed by atoms with van der Waals surface area (Å²) in [5.41, 5.74) is 3.15. The Labute approximate surface area is 151 Å². The van der Waals surface area contributed by atoms with Crippen molar-refractivity contribution >= 4 is 5.91 Å². The Morgan fingerprint density at radius 2 is 1.88 bits per heavy atom. The largest absolute Gasteiger partial charge is 0.353 e. The summed E-state index contributed by atoms with van der Waals surface area (Å²) in [5, 5.41) is 10.3. The first-order valence-electron chi connectivity index (χ1n) is 10.3. The van der Waals surface area contributed by atoms with Crippen molar-refractivity contribution in [1.82, 2.24) is 21.4 Å². The molecule has 0 spiro atoms. The van der Waals surface area contributed by atoms with E-state index in [0.717, 1.165) is 25.8 Å². The van der Waals surface area contributed by atoms with Crippen LogP contribution in [0.3, 0.4) is 0 Å². The van der Waals surface area contributed by atoms with Gasteiger partial charge in [-0.15, -0.1) is 0 Å². The molecule has 8 atom stereocenters. The van der Waals surface area contributed by atoms with Crippen LogP contribution in [0.2, 0.25) is 0 Å². The quantitative estimate of drug-likeness (QED) is 0.620. The maximum atomic E-state index is 12.9. The fourth-order valence-electron chi connectivity index (χ4n) is 5.72. The fourth-order valence-corrected chi connectivity index (χ4v) is 5.72. The molecule has 6 heteroatoms. The maximum absolute atomic E-state index is 12.9. The van der Waals surface area contributed by atoms with Gasteiger partial charge in [0, 0.05) is 18.0 Å². The van der Waals surface area contributed by atoms with Crippen LogP contribution in [0.4, 0.5) is 0 Å². The van der Waals surface area contributed by atoms with Crippen molar-refractivity contribution in [3.05, 3.63) is 0 Å². The molecule has 2 saturated carbocycles. The van der Waals surface area contributed by atoms with Gasteiger partial charge in [0.15, 0.2) is 0 Å². The van der Waals surface area contributed by atoms with Gasteiger partial charge < -0.3 is 10.6 Å². The third kappa shape index (κ3) is 3.87. The van der Waals surface area contributed by atoms with Gasteiger partial charge in [0.2, 0.25) is 5.91 Å². The molecule has 142 valence electrons. The molecule has 6 nitrogen and oxygen atoms in total. The van der Waals surface area contributed by atoms with Crippen molar-refractivity contribution in [2.75, 3.05) is 6.54 Å². The molecule has 1 amide bonds. The minimum Gasteiger partial charge on any atom is -0.353 e. The maximum Gasteiger partial charge on any atom is 0.223 e. The molecule has 25 heavy (non-hydrogen) atoms. The predicted molar refractivity (Wildman–Crippen MR) is 96.3 cm³/mol.